The van der Waals surface area contributed by atoms with Gasteiger partial charge in [-0.1, -0.05) is 11.6 Å². The first-order valence-corrected chi connectivity index (χ1v) is 10.7. The maximum Gasteiger partial charge on any atom is 0.408 e. The van der Waals surface area contributed by atoms with Gasteiger partial charge in [0.1, 0.15) is 12.1 Å². The maximum atomic E-state index is 12.9. The Morgan fingerprint density at radius 2 is 1.74 bits per heavy atom. The zero-order valence-corrected chi connectivity index (χ0v) is 15.8. The standard InChI is InChI=1S/C11H10ClF3N4O6S2/c1-26(22,23)19(27(2,24)25)10-8-6(12)3-4-7(18(20)21)9(8)17(16-10)5-11(13,14)15/h3-4H,5H2,1-2H3. The van der Waals surface area contributed by atoms with Crippen LogP contribution in [0.25, 0.3) is 10.9 Å². The summed E-state index contributed by atoms with van der Waals surface area (Å²) in [6.07, 6.45) is -3.94. The summed E-state index contributed by atoms with van der Waals surface area (Å²) in [7, 11) is -9.18. The number of benzene rings is 1. The number of hydrogen-bond acceptors (Lipinski definition) is 7. The highest BCUT2D eigenvalue weighted by Crippen LogP contribution is 2.40. The Morgan fingerprint density at radius 3 is 2.15 bits per heavy atom. The van der Waals surface area contributed by atoms with Gasteiger partial charge in [0, 0.05) is 6.07 Å². The van der Waals surface area contributed by atoms with Gasteiger partial charge in [0.25, 0.3) is 5.69 Å². The zero-order chi connectivity index (χ0) is 20.9. The van der Waals surface area contributed by atoms with Crippen molar-refractivity contribution in [2.24, 2.45) is 0 Å². The van der Waals surface area contributed by atoms with Crippen molar-refractivity contribution < 1.29 is 34.9 Å². The molecule has 10 nitrogen and oxygen atoms in total. The van der Waals surface area contributed by atoms with Crippen molar-refractivity contribution in [3.8, 4) is 0 Å². The van der Waals surface area contributed by atoms with Gasteiger partial charge >= 0.3 is 6.18 Å². The molecule has 0 aliphatic carbocycles. The highest BCUT2D eigenvalue weighted by Gasteiger charge is 2.38. The fraction of sp³-hybridized carbons (Fsp3) is 0.364. The molecule has 0 aliphatic rings. The minimum atomic E-state index is -4.90. The van der Waals surface area contributed by atoms with E-state index in [4.69, 9.17) is 11.6 Å². The van der Waals surface area contributed by atoms with Crippen molar-refractivity contribution in [1.82, 2.24) is 9.78 Å². The Morgan fingerprint density at radius 1 is 1.22 bits per heavy atom. The van der Waals surface area contributed by atoms with E-state index in [9.17, 15) is 40.1 Å². The maximum absolute atomic E-state index is 12.9. The number of anilines is 1. The van der Waals surface area contributed by atoms with Gasteiger partial charge in [0.2, 0.25) is 20.0 Å². The van der Waals surface area contributed by atoms with Crippen molar-refractivity contribution in [3.05, 3.63) is 27.3 Å². The summed E-state index contributed by atoms with van der Waals surface area (Å²) in [6.45, 7) is -1.84. The van der Waals surface area contributed by atoms with Gasteiger partial charge in [-0.25, -0.2) is 21.5 Å². The molecule has 0 saturated heterocycles. The third-order valence-corrected chi connectivity index (χ3v) is 6.59. The van der Waals surface area contributed by atoms with E-state index in [0.717, 1.165) is 12.1 Å². The van der Waals surface area contributed by atoms with Crippen LogP contribution in [0.15, 0.2) is 12.1 Å². The van der Waals surface area contributed by atoms with E-state index in [1.54, 1.807) is 0 Å². The van der Waals surface area contributed by atoms with Gasteiger partial charge in [-0.3, -0.25) is 10.1 Å². The van der Waals surface area contributed by atoms with Crippen LogP contribution in [0.5, 0.6) is 0 Å². The highest BCUT2D eigenvalue weighted by molar-refractivity contribution is 8.09. The molecule has 1 aromatic carbocycles. The summed E-state index contributed by atoms with van der Waals surface area (Å²) in [6, 6.07) is 1.72. The molecule has 0 spiro atoms. The monoisotopic (exact) mass is 450 g/mol. The summed E-state index contributed by atoms with van der Waals surface area (Å²) in [5, 5.41) is 13.6. The van der Waals surface area contributed by atoms with Gasteiger partial charge in [-0.15, -0.1) is 3.71 Å². The molecule has 16 heteroatoms. The number of halogens is 4. The van der Waals surface area contributed by atoms with Gasteiger partial charge in [0.05, 0.1) is 27.8 Å². The van der Waals surface area contributed by atoms with Crippen molar-refractivity contribution >= 4 is 54.1 Å². The third kappa shape index (κ3) is 4.24. The number of non-ortho nitro benzene ring substituents is 1. The van der Waals surface area contributed by atoms with Crippen LogP contribution in [-0.4, -0.2) is 50.2 Å². The summed E-state index contributed by atoms with van der Waals surface area (Å²) in [4.78, 5) is 10.2. The third-order valence-electron chi connectivity index (χ3n) is 3.10. The van der Waals surface area contributed by atoms with Crippen LogP contribution in [0.3, 0.4) is 0 Å². The second-order valence-electron chi connectivity index (χ2n) is 5.37. The highest BCUT2D eigenvalue weighted by atomic mass is 35.5. The lowest BCUT2D eigenvalue weighted by Crippen LogP contribution is -2.36. The van der Waals surface area contributed by atoms with E-state index in [2.05, 4.69) is 5.10 Å². The molecule has 150 valence electrons. The van der Waals surface area contributed by atoms with E-state index in [1.165, 1.54) is 0 Å². The van der Waals surface area contributed by atoms with Crippen LogP contribution < -0.4 is 3.71 Å². The van der Waals surface area contributed by atoms with Crippen molar-refractivity contribution in [2.75, 3.05) is 16.2 Å². The molecule has 1 heterocycles. The van der Waals surface area contributed by atoms with E-state index in [-0.39, 0.29) is 8.39 Å². The number of hydrogen-bond donors (Lipinski definition) is 0. The Balaban J connectivity index is 3.06. The van der Waals surface area contributed by atoms with E-state index in [0.29, 0.717) is 12.5 Å². The Kier molecular flexibility index (Phi) is 5.09. The van der Waals surface area contributed by atoms with Crippen LogP contribution in [0.1, 0.15) is 0 Å². The normalized spacial score (nSPS) is 13.1. The molecular weight excluding hydrogens is 441 g/mol. The van der Waals surface area contributed by atoms with E-state index < -0.39 is 65.1 Å². The first-order chi connectivity index (χ1) is 12.0. The average molecular weight is 451 g/mol. The number of nitro benzene ring substituents is 1. The molecule has 0 aliphatic heterocycles. The van der Waals surface area contributed by atoms with Crippen LogP contribution in [-0.2, 0) is 26.6 Å². The van der Waals surface area contributed by atoms with Crippen molar-refractivity contribution in [1.29, 1.82) is 0 Å². The zero-order valence-electron chi connectivity index (χ0n) is 13.4. The average Bonchev–Trinajstić information content (AvgIpc) is 2.73. The SMILES string of the molecule is CS(=O)(=O)N(c1nn(CC(F)(F)F)c2c([N+](=O)[O-])ccc(Cl)c12)S(C)(=O)=O. The van der Waals surface area contributed by atoms with E-state index >= 15 is 0 Å². The molecule has 0 saturated carbocycles. The lowest BCUT2D eigenvalue weighted by atomic mass is 10.2. The number of rotatable bonds is 5. The molecule has 27 heavy (non-hydrogen) atoms. The molecule has 0 bridgehead atoms. The number of alkyl halides is 3. The molecule has 0 unspecified atom stereocenters. The van der Waals surface area contributed by atoms with Crippen LogP contribution >= 0.6 is 11.6 Å². The van der Waals surface area contributed by atoms with Crippen LogP contribution in [0.2, 0.25) is 5.02 Å². The van der Waals surface area contributed by atoms with E-state index in [1.807, 2.05) is 0 Å². The first kappa shape index (κ1) is 21.2. The molecule has 2 rings (SSSR count). The summed E-state index contributed by atoms with van der Waals surface area (Å²) >= 11 is 5.89. The number of nitrogens with zero attached hydrogens (tertiary/aromatic N) is 4. The first-order valence-electron chi connectivity index (χ1n) is 6.64. The molecule has 1 aromatic heterocycles. The van der Waals surface area contributed by atoms with Gasteiger partial charge in [0.15, 0.2) is 5.82 Å². The lowest BCUT2D eigenvalue weighted by molar-refractivity contribution is -0.383. The molecule has 0 atom stereocenters. The summed E-state index contributed by atoms with van der Waals surface area (Å²) in [5.41, 5.74) is -1.63. The largest absolute Gasteiger partial charge is 0.408 e. The quantitative estimate of drug-likeness (QED) is 0.501. The molecule has 0 fully saturated rings. The van der Waals surface area contributed by atoms with Crippen molar-refractivity contribution in [3.63, 3.8) is 0 Å². The van der Waals surface area contributed by atoms with Crippen LogP contribution in [0.4, 0.5) is 24.7 Å². The Hall–Kier alpha value is -2.13. The molecule has 0 amide bonds. The number of fused-ring (bicyclic) bond motifs is 1. The second kappa shape index (κ2) is 6.49. The number of sulfonamides is 2. The Labute approximate surface area is 155 Å². The van der Waals surface area contributed by atoms with Gasteiger partial charge in [-0.2, -0.15) is 18.3 Å². The molecule has 2 aromatic rings. The number of aromatic nitrogens is 2. The minimum absolute atomic E-state index is 0.0953. The summed E-state index contributed by atoms with van der Waals surface area (Å²) in [5.74, 6) is -0.993. The molecule has 0 N–H and O–H groups in total. The predicted octanol–water partition coefficient (Wildman–Crippen LogP) is 1.89. The van der Waals surface area contributed by atoms with Crippen molar-refractivity contribution in [2.45, 2.75) is 12.7 Å². The fourth-order valence-corrected chi connectivity index (χ4v) is 5.45. The Bertz CT molecular complexity index is 1110. The van der Waals surface area contributed by atoms with Gasteiger partial charge < -0.3 is 0 Å². The second-order valence-corrected chi connectivity index (χ2v) is 9.67. The fourth-order valence-electron chi connectivity index (χ4n) is 2.36. The van der Waals surface area contributed by atoms with Gasteiger partial charge in [-0.05, 0) is 6.07 Å². The topological polar surface area (TPSA) is 132 Å². The molecule has 0 radical (unpaired) electrons. The van der Waals surface area contributed by atoms with Crippen LogP contribution in [0, 0.1) is 10.1 Å². The predicted molar refractivity (Wildman–Crippen MR) is 89.6 cm³/mol. The summed E-state index contributed by atoms with van der Waals surface area (Å²) < 4.78 is 86.2. The number of nitro groups is 1. The lowest BCUT2D eigenvalue weighted by Gasteiger charge is -2.17. The smallest absolute Gasteiger partial charge is 0.258 e. The molecular formula is C11H10ClF3N4O6S2. The minimum Gasteiger partial charge on any atom is -0.258 e.